The number of nitrogens with zero attached hydrogens (tertiary/aromatic N) is 3. The first-order valence-electron chi connectivity index (χ1n) is 8.49. The van der Waals surface area contributed by atoms with Crippen LogP contribution in [0.25, 0.3) is 22.3 Å². The average molecular weight is 343 g/mol. The van der Waals surface area contributed by atoms with Crippen LogP contribution in [0.15, 0.2) is 78.9 Å². The molecule has 4 rings (SSSR count). The molecule has 1 aromatic heterocycles. The number of fused-ring (bicyclic) bond motifs is 1. The van der Waals surface area contributed by atoms with Crippen molar-refractivity contribution in [2.75, 3.05) is 11.9 Å². The highest BCUT2D eigenvalue weighted by atomic mass is 19.1. The normalized spacial score (nSPS) is 10.8. The topological polar surface area (TPSA) is 29.0 Å². The van der Waals surface area contributed by atoms with Crippen LogP contribution in [-0.2, 0) is 6.54 Å². The molecule has 0 unspecified atom stereocenters. The lowest BCUT2D eigenvalue weighted by Crippen LogP contribution is -2.18. The summed E-state index contributed by atoms with van der Waals surface area (Å²) in [5.74, 6) is 0.869. The van der Waals surface area contributed by atoms with E-state index >= 15 is 0 Å². The van der Waals surface area contributed by atoms with Crippen LogP contribution in [0, 0.1) is 5.82 Å². The number of hydrogen-bond acceptors (Lipinski definition) is 3. The van der Waals surface area contributed by atoms with Crippen LogP contribution in [-0.4, -0.2) is 17.0 Å². The maximum atomic E-state index is 14.3. The van der Waals surface area contributed by atoms with Crippen LogP contribution in [0.4, 0.5) is 10.2 Å². The first kappa shape index (κ1) is 16.2. The fourth-order valence-corrected chi connectivity index (χ4v) is 3.05. The van der Waals surface area contributed by atoms with Gasteiger partial charge in [0.15, 0.2) is 5.82 Å². The van der Waals surface area contributed by atoms with Gasteiger partial charge >= 0.3 is 0 Å². The van der Waals surface area contributed by atoms with E-state index in [0.29, 0.717) is 17.9 Å². The summed E-state index contributed by atoms with van der Waals surface area (Å²) in [6.45, 7) is 0.707. The van der Waals surface area contributed by atoms with E-state index in [1.54, 1.807) is 18.2 Å². The molecular weight excluding hydrogens is 325 g/mol. The Morgan fingerprint density at radius 1 is 0.808 bits per heavy atom. The summed E-state index contributed by atoms with van der Waals surface area (Å²) < 4.78 is 14.3. The Morgan fingerprint density at radius 3 is 2.31 bits per heavy atom. The van der Waals surface area contributed by atoms with Gasteiger partial charge in [-0.3, -0.25) is 0 Å². The van der Waals surface area contributed by atoms with E-state index in [2.05, 4.69) is 22.0 Å². The van der Waals surface area contributed by atoms with Gasteiger partial charge in [0, 0.05) is 19.0 Å². The van der Waals surface area contributed by atoms with E-state index in [4.69, 9.17) is 4.98 Å². The molecule has 26 heavy (non-hydrogen) atoms. The zero-order chi connectivity index (χ0) is 17.9. The SMILES string of the molecule is CN(Cc1ccccc1)c1nc(-c2ccccc2F)nc2ccccc12. The molecule has 0 atom stereocenters. The highest BCUT2D eigenvalue weighted by molar-refractivity contribution is 5.91. The molecule has 0 aliphatic rings. The number of hydrogen-bond donors (Lipinski definition) is 0. The van der Waals surface area contributed by atoms with Gasteiger partial charge in [-0.05, 0) is 29.8 Å². The first-order valence-corrected chi connectivity index (χ1v) is 8.49. The average Bonchev–Trinajstić information content (AvgIpc) is 2.68. The van der Waals surface area contributed by atoms with Gasteiger partial charge in [-0.15, -0.1) is 0 Å². The summed E-state index contributed by atoms with van der Waals surface area (Å²) in [4.78, 5) is 11.4. The van der Waals surface area contributed by atoms with Crippen LogP contribution < -0.4 is 4.90 Å². The molecule has 0 bridgehead atoms. The number of benzene rings is 3. The molecule has 3 nitrogen and oxygen atoms in total. The molecule has 0 amide bonds. The Bertz CT molecular complexity index is 1050. The molecule has 0 spiro atoms. The van der Waals surface area contributed by atoms with Gasteiger partial charge in [-0.2, -0.15) is 0 Å². The molecular formula is C22H18FN3. The Kier molecular flexibility index (Phi) is 4.32. The van der Waals surface area contributed by atoms with Crippen molar-refractivity contribution in [2.24, 2.45) is 0 Å². The Labute approximate surface area is 151 Å². The van der Waals surface area contributed by atoms with Crippen molar-refractivity contribution in [3.63, 3.8) is 0 Å². The van der Waals surface area contributed by atoms with Crippen molar-refractivity contribution >= 4 is 16.7 Å². The van der Waals surface area contributed by atoms with Crippen molar-refractivity contribution in [3.05, 3.63) is 90.2 Å². The van der Waals surface area contributed by atoms with Gasteiger partial charge in [-0.25, -0.2) is 14.4 Å². The first-order chi connectivity index (χ1) is 12.7. The van der Waals surface area contributed by atoms with Gasteiger partial charge in [0.2, 0.25) is 0 Å². The number of halogens is 1. The van der Waals surface area contributed by atoms with Crippen LogP contribution in [0.1, 0.15) is 5.56 Å². The second-order valence-electron chi connectivity index (χ2n) is 6.21. The third-order valence-electron chi connectivity index (χ3n) is 4.32. The summed E-state index contributed by atoms with van der Waals surface area (Å²) in [7, 11) is 1.99. The molecule has 0 N–H and O–H groups in total. The molecule has 0 saturated heterocycles. The lowest BCUT2D eigenvalue weighted by atomic mass is 10.1. The molecule has 128 valence electrons. The fourth-order valence-electron chi connectivity index (χ4n) is 3.05. The number of aromatic nitrogens is 2. The predicted octanol–water partition coefficient (Wildman–Crippen LogP) is 5.07. The van der Waals surface area contributed by atoms with Gasteiger partial charge in [0.25, 0.3) is 0 Å². The molecule has 0 saturated carbocycles. The van der Waals surface area contributed by atoms with Crippen LogP contribution in [0.3, 0.4) is 0 Å². The molecule has 3 aromatic carbocycles. The lowest BCUT2D eigenvalue weighted by Gasteiger charge is -2.21. The van der Waals surface area contributed by atoms with Gasteiger partial charge < -0.3 is 4.90 Å². The number of para-hydroxylation sites is 1. The lowest BCUT2D eigenvalue weighted by molar-refractivity contribution is 0.630. The monoisotopic (exact) mass is 343 g/mol. The minimum atomic E-state index is -0.320. The maximum absolute atomic E-state index is 14.3. The minimum absolute atomic E-state index is 0.320. The Balaban J connectivity index is 1.83. The van der Waals surface area contributed by atoms with Crippen LogP contribution in [0.5, 0.6) is 0 Å². The van der Waals surface area contributed by atoms with Gasteiger partial charge in [-0.1, -0.05) is 54.6 Å². The van der Waals surface area contributed by atoms with Crippen molar-refractivity contribution in [1.82, 2.24) is 9.97 Å². The third kappa shape index (κ3) is 3.14. The summed E-state index contributed by atoms with van der Waals surface area (Å²) in [6, 6.07) is 24.6. The van der Waals surface area contributed by atoms with Crippen molar-refractivity contribution in [2.45, 2.75) is 6.54 Å². The van der Waals surface area contributed by atoms with E-state index in [9.17, 15) is 4.39 Å². The van der Waals surface area contributed by atoms with Crippen LogP contribution >= 0.6 is 0 Å². The fraction of sp³-hybridized carbons (Fsp3) is 0.0909. The number of anilines is 1. The molecule has 4 aromatic rings. The zero-order valence-corrected chi connectivity index (χ0v) is 14.4. The maximum Gasteiger partial charge on any atom is 0.165 e. The summed E-state index contributed by atoms with van der Waals surface area (Å²) in [5, 5.41) is 0.950. The smallest absolute Gasteiger partial charge is 0.165 e. The molecule has 4 heteroatoms. The van der Waals surface area contributed by atoms with E-state index in [0.717, 1.165) is 16.7 Å². The highest BCUT2D eigenvalue weighted by Crippen LogP contribution is 2.28. The third-order valence-corrected chi connectivity index (χ3v) is 4.32. The van der Waals surface area contributed by atoms with E-state index in [1.165, 1.54) is 11.6 Å². The largest absolute Gasteiger partial charge is 0.355 e. The predicted molar refractivity (Wildman–Crippen MR) is 103 cm³/mol. The quantitative estimate of drug-likeness (QED) is 0.518. The number of rotatable bonds is 4. The standard InChI is InChI=1S/C22H18FN3/c1-26(15-16-9-3-2-4-10-16)22-18-12-6-8-14-20(18)24-21(25-22)17-11-5-7-13-19(17)23/h2-14H,15H2,1H3. The summed E-state index contributed by atoms with van der Waals surface area (Å²) >= 11 is 0. The Morgan fingerprint density at radius 2 is 1.50 bits per heavy atom. The van der Waals surface area contributed by atoms with E-state index in [-0.39, 0.29) is 5.82 Å². The van der Waals surface area contributed by atoms with Crippen molar-refractivity contribution < 1.29 is 4.39 Å². The van der Waals surface area contributed by atoms with Crippen molar-refractivity contribution in [1.29, 1.82) is 0 Å². The van der Waals surface area contributed by atoms with Crippen LogP contribution in [0.2, 0.25) is 0 Å². The molecule has 1 heterocycles. The molecule has 0 fully saturated rings. The highest BCUT2D eigenvalue weighted by Gasteiger charge is 2.15. The Hall–Kier alpha value is -3.27. The summed E-state index contributed by atoms with van der Waals surface area (Å²) in [5.41, 5.74) is 2.40. The molecule has 0 radical (unpaired) electrons. The molecule has 0 aliphatic heterocycles. The second kappa shape index (κ2) is 6.92. The second-order valence-corrected chi connectivity index (χ2v) is 6.21. The minimum Gasteiger partial charge on any atom is -0.355 e. The molecule has 0 aliphatic carbocycles. The zero-order valence-electron chi connectivity index (χ0n) is 14.4. The van der Waals surface area contributed by atoms with E-state index in [1.807, 2.05) is 49.5 Å². The van der Waals surface area contributed by atoms with Gasteiger partial charge in [0.05, 0.1) is 11.1 Å². The summed E-state index contributed by atoms with van der Waals surface area (Å²) in [6.07, 6.45) is 0. The van der Waals surface area contributed by atoms with Gasteiger partial charge in [0.1, 0.15) is 11.6 Å². The van der Waals surface area contributed by atoms with E-state index < -0.39 is 0 Å². The van der Waals surface area contributed by atoms with Crippen molar-refractivity contribution in [3.8, 4) is 11.4 Å².